The van der Waals surface area contributed by atoms with E-state index >= 15 is 0 Å². The van der Waals surface area contributed by atoms with E-state index in [9.17, 15) is 14.4 Å². The minimum Gasteiger partial charge on any atom is -0.378 e. The van der Waals surface area contributed by atoms with Crippen LogP contribution in [-0.2, 0) is 4.74 Å². The monoisotopic (exact) mass is 368 g/mol. The summed E-state index contributed by atoms with van der Waals surface area (Å²) in [6.45, 7) is 5.13. The summed E-state index contributed by atoms with van der Waals surface area (Å²) >= 11 is 0. The number of aromatic amines is 1. The van der Waals surface area contributed by atoms with Gasteiger partial charge in [0.05, 0.1) is 30.0 Å². The summed E-state index contributed by atoms with van der Waals surface area (Å²) in [5.74, 6) is -0.143. The van der Waals surface area contributed by atoms with Crippen LogP contribution in [0.2, 0.25) is 0 Å². The van der Waals surface area contributed by atoms with Gasteiger partial charge in [-0.05, 0) is 13.0 Å². The van der Waals surface area contributed by atoms with Gasteiger partial charge in [0.2, 0.25) is 5.91 Å². The summed E-state index contributed by atoms with van der Waals surface area (Å²) in [6.07, 6.45) is 1.66. The Balaban J connectivity index is 1.86. The molecule has 4 rings (SSSR count). The van der Waals surface area contributed by atoms with Crippen molar-refractivity contribution < 1.29 is 14.3 Å². The summed E-state index contributed by atoms with van der Waals surface area (Å²) in [4.78, 5) is 39.1. The Morgan fingerprint density at radius 3 is 2.56 bits per heavy atom. The van der Waals surface area contributed by atoms with E-state index in [1.165, 1.54) is 16.2 Å². The Bertz CT molecular complexity index is 1100. The van der Waals surface area contributed by atoms with Crippen molar-refractivity contribution in [2.45, 2.75) is 13.8 Å². The summed E-state index contributed by atoms with van der Waals surface area (Å²) in [5.41, 5.74) is 1.91. The Labute approximate surface area is 154 Å². The third-order valence-electron chi connectivity index (χ3n) is 4.93. The molecule has 0 spiro atoms. The lowest BCUT2D eigenvalue weighted by Gasteiger charge is -2.26. The predicted molar refractivity (Wildman–Crippen MR) is 100 cm³/mol. The van der Waals surface area contributed by atoms with Crippen molar-refractivity contribution in [1.29, 1.82) is 0 Å². The van der Waals surface area contributed by atoms with Crippen LogP contribution >= 0.6 is 0 Å². The molecule has 0 radical (unpaired) electrons. The summed E-state index contributed by atoms with van der Waals surface area (Å²) < 4.78 is 8.08. The number of para-hydroxylation sites is 1. The van der Waals surface area contributed by atoms with Crippen LogP contribution in [0.1, 0.15) is 17.4 Å². The van der Waals surface area contributed by atoms with Gasteiger partial charge < -0.3 is 9.64 Å². The van der Waals surface area contributed by atoms with E-state index in [0.29, 0.717) is 43.1 Å². The number of rotatable bonds is 1. The summed E-state index contributed by atoms with van der Waals surface area (Å²) in [5, 5.41) is 3.44. The quantitative estimate of drug-likeness (QED) is 0.712. The largest absolute Gasteiger partial charge is 0.378 e. The number of nitrogens with zero attached hydrogens (tertiary/aromatic N) is 3. The molecule has 0 unspecified atom stereocenters. The number of amides is 1. The molecule has 27 heavy (non-hydrogen) atoms. The first-order valence-electron chi connectivity index (χ1n) is 8.79. The van der Waals surface area contributed by atoms with Gasteiger partial charge in [0.1, 0.15) is 0 Å². The van der Waals surface area contributed by atoms with E-state index in [-0.39, 0.29) is 17.5 Å². The van der Waals surface area contributed by atoms with Crippen molar-refractivity contribution in [3.63, 3.8) is 0 Å². The maximum Gasteiger partial charge on any atom is 0.343 e. The molecule has 1 saturated heterocycles. The first kappa shape index (κ1) is 17.3. The number of fused-ring (bicyclic) bond motifs is 1. The van der Waals surface area contributed by atoms with E-state index in [4.69, 9.17) is 4.74 Å². The molecule has 1 aromatic carbocycles. The lowest BCUT2D eigenvalue weighted by molar-refractivity contribution is 0.0527. The zero-order chi connectivity index (χ0) is 19.1. The molecule has 1 N–H and O–H groups in total. The number of aromatic nitrogens is 3. The second-order valence-corrected chi connectivity index (χ2v) is 6.57. The van der Waals surface area contributed by atoms with Crippen molar-refractivity contribution >= 4 is 22.8 Å². The third-order valence-corrected chi connectivity index (χ3v) is 4.93. The second kappa shape index (κ2) is 6.55. The molecule has 8 nitrogen and oxygen atoms in total. The second-order valence-electron chi connectivity index (χ2n) is 6.57. The first-order valence-corrected chi connectivity index (χ1v) is 8.79. The molecule has 1 aliphatic heterocycles. The Hall–Kier alpha value is -3.13. The molecule has 0 bridgehead atoms. The van der Waals surface area contributed by atoms with Crippen LogP contribution in [0.5, 0.6) is 0 Å². The molecular formula is C19H20N4O4. The van der Waals surface area contributed by atoms with Crippen molar-refractivity contribution in [2.24, 2.45) is 0 Å². The topological polar surface area (TPSA) is 89.3 Å². The van der Waals surface area contributed by atoms with Crippen LogP contribution in [0.3, 0.4) is 0 Å². The number of ether oxygens (including phenoxy) is 1. The highest BCUT2D eigenvalue weighted by molar-refractivity contribution is 6.01. The maximum absolute atomic E-state index is 12.8. The van der Waals surface area contributed by atoms with Gasteiger partial charge in [0.15, 0.2) is 0 Å². The van der Waals surface area contributed by atoms with Crippen LogP contribution in [0.4, 0.5) is 4.79 Å². The average molecular weight is 368 g/mol. The Kier molecular flexibility index (Phi) is 4.19. The molecule has 8 heteroatoms. The van der Waals surface area contributed by atoms with Gasteiger partial charge in [-0.3, -0.25) is 19.3 Å². The molecule has 3 heterocycles. The minimum absolute atomic E-state index is 0.143. The van der Waals surface area contributed by atoms with E-state index in [1.54, 1.807) is 18.0 Å². The van der Waals surface area contributed by atoms with Crippen LogP contribution in [0, 0.1) is 6.92 Å². The highest BCUT2D eigenvalue weighted by Crippen LogP contribution is 2.30. The lowest BCUT2D eigenvalue weighted by atomic mass is 10.1. The van der Waals surface area contributed by atoms with E-state index < -0.39 is 0 Å². The molecule has 1 aliphatic rings. The van der Waals surface area contributed by atoms with Gasteiger partial charge in [0.25, 0.3) is 5.56 Å². The maximum atomic E-state index is 12.8. The fourth-order valence-corrected chi connectivity index (χ4v) is 3.56. The zero-order valence-electron chi connectivity index (χ0n) is 15.2. The van der Waals surface area contributed by atoms with Gasteiger partial charge in [-0.1, -0.05) is 18.2 Å². The van der Waals surface area contributed by atoms with Gasteiger partial charge in [0, 0.05) is 37.2 Å². The number of hydrogen-bond acceptors (Lipinski definition) is 4. The molecule has 0 aliphatic carbocycles. The van der Waals surface area contributed by atoms with Gasteiger partial charge in [-0.2, -0.15) is 0 Å². The SMILES string of the molecule is CC(=O)n1cc(-c2c(C)n(C(=O)N3CCOCC3)[nH]c2=O)c2ccccc21. The first-order chi connectivity index (χ1) is 13.0. The Morgan fingerprint density at radius 2 is 1.85 bits per heavy atom. The fourth-order valence-electron chi connectivity index (χ4n) is 3.56. The molecule has 3 aromatic rings. The van der Waals surface area contributed by atoms with E-state index in [1.807, 2.05) is 24.3 Å². The highest BCUT2D eigenvalue weighted by Gasteiger charge is 2.25. The van der Waals surface area contributed by atoms with Crippen LogP contribution in [-0.4, -0.2) is 57.5 Å². The van der Waals surface area contributed by atoms with E-state index in [0.717, 1.165) is 10.9 Å². The average Bonchev–Trinajstić information content (AvgIpc) is 3.19. The van der Waals surface area contributed by atoms with Crippen molar-refractivity contribution in [2.75, 3.05) is 26.3 Å². The van der Waals surface area contributed by atoms with Crippen molar-refractivity contribution in [3.05, 3.63) is 46.5 Å². The predicted octanol–water partition coefficient (Wildman–Crippen LogP) is 2.07. The number of H-pyrrole nitrogens is 1. The van der Waals surface area contributed by atoms with Crippen LogP contribution in [0.25, 0.3) is 22.0 Å². The van der Waals surface area contributed by atoms with Crippen LogP contribution < -0.4 is 5.56 Å². The molecule has 2 aromatic heterocycles. The molecule has 140 valence electrons. The number of hydrogen-bond donors (Lipinski definition) is 1. The van der Waals surface area contributed by atoms with Crippen molar-refractivity contribution in [1.82, 2.24) is 19.2 Å². The normalized spacial score (nSPS) is 14.7. The Morgan fingerprint density at radius 1 is 1.15 bits per heavy atom. The molecular weight excluding hydrogens is 348 g/mol. The fraction of sp³-hybridized carbons (Fsp3) is 0.316. The smallest absolute Gasteiger partial charge is 0.343 e. The minimum atomic E-state index is -0.361. The van der Waals surface area contributed by atoms with Gasteiger partial charge in [-0.25, -0.2) is 9.48 Å². The summed E-state index contributed by atoms with van der Waals surface area (Å²) in [6, 6.07) is 7.12. The summed E-state index contributed by atoms with van der Waals surface area (Å²) in [7, 11) is 0. The van der Waals surface area contributed by atoms with Gasteiger partial charge in [-0.15, -0.1) is 0 Å². The zero-order valence-corrected chi connectivity index (χ0v) is 15.2. The lowest BCUT2D eigenvalue weighted by Crippen LogP contribution is -2.43. The highest BCUT2D eigenvalue weighted by atomic mass is 16.5. The molecule has 1 amide bonds. The number of morpholine rings is 1. The number of carbonyl (C=O) groups excluding carboxylic acids is 2. The molecule has 0 saturated carbocycles. The molecule has 0 atom stereocenters. The number of carbonyl (C=O) groups is 2. The van der Waals surface area contributed by atoms with E-state index in [2.05, 4.69) is 5.10 Å². The van der Waals surface area contributed by atoms with Crippen molar-refractivity contribution in [3.8, 4) is 11.1 Å². The van der Waals surface area contributed by atoms with Gasteiger partial charge >= 0.3 is 6.03 Å². The number of nitrogens with one attached hydrogen (secondary N) is 1. The molecule has 1 fully saturated rings. The number of benzene rings is 1. The standard InChI is InChI=1S/C19H20N4O4/c1-12-17(15-11-22(13(2)24)16-6-4-3-5-14(15)16)18(25)20-23(12)19(26)21-7-9-27-10-8-21/h3-6,11H,7-10H2,1-2H3,(H,20,25). The van der Waals surface area contributed by atoms with Crippen LogP contribution in [0.15, 0.2) is 35.3 Å². The third kappa shape index (κ3) is 2.78.